The summed E-state index contributed by atoms with van der Waals surface area (Å²) in [6.45, 7) is 0. The van der Waals surface area contributed by atoms with Crippen LogP contribution < -0.4 is 5.32 Å². The minimum absolute atomic E-state index is 0.0916. The molecule has 0 saturated heterocycles. The van der Waals surface area contributed by atoms with Crippen LogP contribution in [0.2, 0.25) is 0 Å². The first kappa shape index (κ1) is 21.4. The van der Waals surface area contributed by atoms with Crippen LogP contribution in [0, 0.1) is 5.82 Å². The van der Waals surface area contributed by atoms with Crippen LogP contribution in [-0.4, -0.2) is 44.6 Å². The number of rotatable bonds is 5. The molecule has 2 N–H and O–H groups in total. The number of aromatic nitrogens is 2. The molecule has 1 aromatic carbocycles. The Balaban J connectivity index is 1.18. The van der Waals surface area contributed by atoms with Gasteiger partial charge in [0.05, 0.1) is 11.4 Å². The molecule has 9 heteroatoms. The summed E-state index contributed by atoms with van der Waals surface area (Å²) in [4.78, 5) is 14.3. The molecular weight excluding hydrogens is 431 g/mol. The van der Waals surface area contributed by atoms with Gasteiger partial charge in [-0.2, -0.15) is 5.10 Å². The highest BCUT2D eigenvalue weighted by Crippen LogP contribution is 2.37. The van der Waals surface area contributed by atoms with E-state index in [0.717, 1.165) is 43.4 Å². The largest absolute Gasteiger partial charge is 0.446 e. The number of hydrogen-bond acceptors (Lipinski definition) is 5. The fourth-order valence-electron chi connectivity index (χ4n) is 5.18. The number of hydrogen-bond donors (Lipinski definition) is 2. The average molecular weight is 461 g/mol. The Labute approximate surface area is 189 Å². The molecule has 3 aliphatic rings. The van der Waals surface area contributed by atoms with Gasteiger partial charge in [0.1, 0.15) is 6.10 Å². The van der Waals surface area contributed by atoms with E-state index < -0.39 is 10.8 Å². The van der Waals surface area contributed by atoms with Crippen molar-refractivity contribution in [3.63, 3.8) is 0 Å². The zero-order chi connectivity index (χ0) is 22.2. The molecule has 2 heterocycles. The maximum atomic E-state index is 14.8. The maximum absolute atomic E-state index is 14.8. The first-order valence-corrected chi connectivity index (χ1v) is 12.9. The van der Waals surface area contributed by atoms with Gasteiger partial charge in [0.2, 0.25) is 0 Å². The number of carbonyl (C=O) groups is 1. The van der Waals surface area contributed by atoms with Gasteiger partial charge < -0.3 is 15.0 Å². The van der Waals surface area contributed by atoms with E-state index in [-0.39, 0.29) is 29.7 Å². The van der Waals surface area contributed by atoms with Gasteiger partial charge in [-0.3, -0.25) is 9.31 Å². The molecule has 2 fully saturated rings. The van der Waals surface area contributed by atoms with Gasteiger partial charge in [-0.05, 0) is 43.7 Å². The molecule has 3 unspecified atom stereocenters. The third kappa shape index (κ3) is 4.27. The van der Waals surface area contributed by atoms with Crippen LogP contribution >= 0.6 is 0 Å². The third-order valence-electron chi connectivity index (χ3n) is 7.07. The summed E-state index contributed by atoms with van der Waals surface area (Å²) in [5.74, 6) is 1.10. The van der Waals surface area contributed by atoms with Crippen LogP contribution in [-0.2, 0) is 27.0 Å². The minimum Gasteiger partial charge on any atom is -0.446 e. The fraction of sp³-hybridized carbons (Fsp3) is 0.565. The van der Waals surface area contributed by atoms with E-state index in [2.05, 4.69) is 15.5 Å². The molecule has 1 aliphatic heterocycles. The zero-order valence-corrected chi connectivity index (χ0v) is 19.0. The molecule has 1 amide bonds. The third-order valence-corrected chi connectivity index (χ3v) is 8.32. The summed E-state index contributed by atoms with van der Waals surface area (Å²) < 4.78 is 32.3. The number of nitrogens with one attached hydrogen (secondary N) is 2. The fourth-order valence-corrected chi connectivity index (χ4v) is 6.53. The molecule has 5 rings (SSSR count). The monoisotopic (exact) mass is 460 g/mol. The predicted octanol–water partition coefficient (Wildman–Crippen LogP) is 4.70. The molecule has 0 bridgehead atoms. The molecule has 1 aromatic heterocycles. The van der Waals surface area contributed by atoms with Crippen molar-refractivity contribution in [3.8, 4) is 0 Å². The highest BCUT2D eigenvalue weighted by molar-refractivity contribution is 7.83. The molecule has 2 aliphatic carbocycles. The van der Waals surface area contributed by atoms with Crippen molar-refractivity contribution < 1.29 is 18.1 Å². The van der Waals surface area contributed by atoms with E-state index in [1.54, 1.807) is 11.0 Å². The summed E-state index contributed by atoms with van der Waals surface area (Å²) in [5, 5.41) is 10.4. The summed E-state index contributed by atoms with van der Waals surface area (Å²) in [7, 11) is 0.818. The van der Waals surface area contributed by atoms with Gasteiger partial charge in [0.25, 0.3) is 0 Å². The highest BCUT2D eigenvalue weighted by atomic mass is 32.2. The predicted molar refractivity (Wildman–Crippen MR) is 121 cm³/mol. The number of ether oxygens (including phenoxy) is 1. The highest BCUT2D eigenvalue weighted by Gasteiger charge is 2.32. The lowest BCUT2D eigenvalue weighted by Crippen LogP contribution is -2.37. The number of amides is 1. The second-order valence-corrected chi connectivity index (χ2v) is 10.6. The van der Waals surface area contributed by atoms with E-state index in [9.17, 15) is 13.4 Å². The molecule has 2 saturated carbocycles. The average Bonchev–Trinajstić information content (AvgIpc) is 3.56. The van der Waals surface area contributed by atoms with Crippen LogP contribution in [0.4, 0.5) is 20.7 Å². The lowest BCUT2D eigenvalue weighted by Gasteiger charge is -2.25. The molecule has 3 atom stereocenters. The Morgan fingerprint density at radius 1 is 1.25 bits per heavy atom. The number of nitrogens with zero attached hydrogens (tertiary/aromatic N) is 2. The molecule has 7 nitrogen and oxygen atoms in total. The SMILES string of the molecule is CN(C(=O)OC1CCC(c2cc(Nc3ccc4c(c3F)CS(=O)C4)n[nH]2)C1)C1CCCC1. The van der Waals surface area contributed by atoms with Crippen LogP contribution in [0.3, 0.4) is 0 Å². The smallest absolute Gasteiger partial charge is 0.410 e. The Morgan fingerprint density at radius 3 is 2.88 bits per heavy atom. The van der Waals surface area contributed by atoms with Gasteiger partial charge in [0, 0.05) is 52.9 Å². The van der Waals surface area contributed by atoms with Crippen molar-refractivity contribution >= 4 is 28.4 Å². The van der Waals surface area contributed by atoms with Gasteiger partial charge in [-0.25, -0.2) is 9.18 Å². The summed E-state index contributed by atoms with van der Waals surface area (Å²) in [6.07, 6.45) is 6.66. The standard InChI is InChI=1S/C23H29FN4O3S/c1-28(16-4-2-3-5-16)23(29)31-17-8-6-14(10-17)20-11-21(27-26-20)25-19-9-7-15-12-32(30)13-18(15)22(19)24/h7,9,11,14,16-17H,2-6,8,10,12-13H2,1H3,(H2,25,26,27). The lowest BCUT2D eigenvalue weighted by atomic mass is 10.0. The zero-order valence-electron chi connectivity index (χ0n) is 18.2. The van der Waals surface area contributed by atoms with Crippen molar-refractivity contribution in [2.75, 3.05) is 12.4 Å². The normalized spacial score (nSPS) is 25.1. The van der Waals surface area contributed by atoms with E-state index >= 15 is 0 Å². The second kappa shape index (κ2) is 8.84. The molecule has 2 aromatic rings. The maximum Gasteiger partial charge on any atom is 0.410 e. The first-order valence-electron chi connectivity index (χ1n) is 11.4. The topological polar surface area (TPSA) is 87.3 Å². The number of aromatic amines is 1. The van der Waals surface area contributed by atoms with Crippen LogP contribution in [0.1, 0.15) is 67.7 Å². The molecular formula is C23H29FN4O3S. The Hall–Kier alpha value is -2.42. The van der Waals surface area contributed by atoms with Gasteiger partial charge in [-0.15, -0.1) is 0 Å². The van der Waals surface area contributed by atoms with Crippen molar-refractivity contribution in [3.05, 3.63) is 40.8 Å². The number of carbonyl (C=O) groups excluding carboxylic acids is 1. The summed E-state index contributed by atoms with van der Waals surface area (Å²) >= 11 is 0. The summed E-state index contributed by atoms with van der Waals surface area (Å²) in [5.41, 5.74) is 2.65. The van der Waals surface area contributed by atoms with E-state index in [1.807, 2.05) is 19.2 Å². The van der Waals surface area contributed by atoms with E-state index in [1.165, 1.54) is 12.8 Å². The van der Waals surface area contributed by atoms with E-state index in [0.29, 0.717) is 28.9 Å². The van der Waals surface area contributed by atoms with Crippen molar-refractivity contribution in [1.29, 1.82) is 0 Å². The van der Waals surface area contributed by atoms with Crippen LogP contribution in [0.25, 0.3) is 0 Å². The Morgan fingerprint density at radius 2 is 2.06 bits per heavy atom. The van der Waals surface area contributed by atoms with Crippen LogP contribution in [0.15, 0.2) is 18.2 Å². The number of halogens is 1. The van der Waals surface area contributed by atoms with Gasteiger partial charge in [0.15, 0.2) is 11.6 Å². The van der Waals surface area contributed by atoms with Gasteiger partial charge in [-0.1, -0.05) is 18.9 Å². The van der Waals surface area contributed by atoms with Crippen molar-refractivity contribution in [2.24, 2.45) is 0 Å². The van der Waals surface area contributed by atoms with Gasteiger partial charge >= 0.3 is 6.09 Å². The number of H-pyrrole nitrogens is 1. The second-order valence-electron chi connectivity index (χ2n) is 9.19. The lowest BCUT2D eigenvalue weighted by molar-refractivity contribution is 0.0614. The van der Waals surface area contributed by atoms with Crippen molar-refractivity contribution in [2.45, 2.75) is 74.5 Å². The molecule has 32 heavy (non-hydrogen) atoms. The molecule has 0 radical (unpaired) electrons. The number of benzene rings is 1. The van der Waals surface area contributed by atoms with E-state index in [4.69, 9.17) is 4.74 Å². The Kier molecular flexibility index (Phi) is 5.92. The Bertz CT molecular complexity index is 1040. The van der Waals surface area contributed by atoms with Crippen LogP contribution in [0.5, 0.6) is 0 Å². The quantitative estimate of drug-likeness (QED) is 0.675. The number of fused-ring (bicyclic) bond motifs is 1. The summed E-state index contributed by atoms with van der Waals surface area (Å²) in [6, 6.07) is 5.71. The minimum atomic E-state index is -1.02. The van der Waals surface area contributed by atoms with Crippen molar-refractivity contribution in [1.82, 2.24) is 15.1 Å². The number of anilines is 2. The molecule has 172 valence electrons. The molecule has 0 spiro atoms. The first-order chi connectivity index (χ1) is 15.5.